The van der Waals surface area contributed by atoms with Crippen LogP contribution in [0.15, 0.2) is 48.8 Å². The molecule has 1 N–H and O–H groups in total. The number of pyridine rings is 1. The molecule has 3 heterocycles. The monoisotopic (exact) mass is 349 g/mol. The molecule has 0 amide bonds. The third-order valence-electron chi connectivity index (χ3n) is 4.70. The molecule has 6 heteroatoms. The van der Waals surface area contributed by atoms with Crippen molar-refractivity contribution in [1.29, 1.82) is 0 Å². The Morgan fingerprint density at radius 1 is 1.04 bits per heavy atom. The van der Waals surface area contributed by atoms with Crippen LogP contribution in [0.1, 0.15) is 6.92 Å². The average Bonchev–Trinajstić information content (AvgIpc) is 2.68. The highest BCUT2D eigenvalue weighted by Gasteiger charge is 2.21. The highest BCUT2D eigenvalue weighted by Crippen LogP contribution is 2.28. The van der Waals surface area contributed by atoms with Gasteiger partial charge in [-0.2, -0.15) is 0 Å². The van der Waals surface area contributed by atoms with Crippen molar-refractivity contribution in [3.05, 3.63) is 48.8 Å². The number of para-hydroxylation sites is 1. The van der Waals surface area contributed by atoms with E-state index in [0.717, 1.165) is 55.0 Å². The SMILES string of the molecule is C[C@H](O)CN1CCN(c2nc(-c3cccnc3)nc3ccccc23)CC1. The molecule has 1 fully saturated rings. The van der Waals surface area contributed by atoms with E-state index in [1.165, 1.54) is 0 Å². The summed E-state index contributed by atoms with van der Waals surface area (Å²) < 4.78 is 0. The summed E-state index contributed by atoms with van der Waals surface area (Å²) in [6.07, 6.45) is 3.26. The number of aromatic nitrogens is 3. The predicted octanol–water partition coefficient (Wildman–Crippen LogP) is 2.19. The molecule has 0 saturated carbocycles. The van der Waals surface area contributed by atoms with Crippen molar-refractivity contribution in [3.63, 3.8) is 0 Å². The molecule has 1 aliphatic rings. The maximum atomic E-state index is 9.61. The summed E-state index contributed by atoms with van der Waals surface area (Å²) in [5.74, 6) is 1.68. The van der Waals surface area contributed by atoms with Gasteiger partial charge >= 0.3 is 0 Å². The van der Waals surface area contributed by atoms with Crippen LogP contribution in [0.25, 0.3) is 22.3 Å². The van der Waals surface area contributed by atoms with E-state index in [2.05, 4.69) is 20.9 Å². The normalized spacial score (nSPS) is 16.8. The lowest BCUT2D eigenvalue weighted by Crippen LogP contribution is -2.48. The van der Waals surface area contributed by atoms with Gasteiger partial charge in [0.1, 0.15) is 5.82 Å². The standard InChI is InChI=1S/C20H23N5O/c1-15(26)14-24-9-11-25(12-10-24)20-17-6-2-3-7-18(17)22-19(23-20)16-5-4-8-21-13-16/h2-8,13,15,26H,9-12,14H2,1H3/t15-/m0/s1. The minimum absolute atomic E-state index is 0.293. The topological polar surface area (TPSA) is 65.4 Å². The van der Waals surface area contributed by atoms with E-state index < -0.39 is 0 Å². The zero-order valence-electron chi connectivity index (χ0n) is 14.9. The predicted molar refractivity (Wildman–Crippen MR) is 103 cm³/mol. The third kappa shape index (κ3) is 3.52. The van der Waals surface area contributed by atoms with E-state index in [0.29, 0.717) is 5.82 Å². The number of aliphatic hydroxyl groups excluding tert-OH is 1. The Balaban J connectivity index is 1.68. The molecule has 0 unspecified atom stereocenters. The number of rotatable bonds is 4. The molecule has 26 heavy (non-hydrogen) atoms. The summed E-state index contributed by atoms with van der Waals surface area (Å²) >= 11 is 0. The number of nitrogens with zero attached hydrogens (tertiary/aromatic N) is 5. The number of β-amino-alcohol motifs (C(OH)–C–C–N with tert-alkyl or cyclic N) is 1. The van der Waals surface area contributed by atoms with Crippen molar-refractivity contribution >= 4 is 16.7 Å². The maximum absolute atomic E-state index is 9.61. The van der Waals surface area contributed by atoms with E-state index in [4.69, 9.17) is 9.97 Å². The summed E-state index contributed by atoms with van der Waals surface area (Å²) in [6.45, 7) is 6.18. The van der Waals surface area contributed by atoms with Crippen molar-refractivity contribution in [2.75, 3.05) is 37.6 Å². The third-order valence-corrected chi connectivity index (χ3v) is 4.70. The number of hydrogen-bond donors (Lipinski definition) is 1. The Bertz CT molecular complexity index is 876. The first kappa shape index (κ1) is 16.9. The van der Waals surface area contributed by atoms with Crippen LogP contribution in [-0.4, -0.2) is 63.8 Å². The number of hydrogen-bond acceptors (Lipinski definition) is 6. The van der Waals surface area contributed by atoms with Crippen molar-refractivity contribution in [3.8, 4) is 11.4 Å². The molecule has 2 aromatic heterocycles. The van der Waals surface area contributed by atoms with Crippen molar-refractivity contribution < 1.29 is 5.11 Å². The van der Waals surface area contributed by atoms with Gasteiger partial charge in [-0.05, 0) is 31.2 Å². The smallest absolute Gasteiger partial charge is 0.163 e. The van der Waals surface area contributed by atoms with Crippen LogP contribution >= 0.6 is 0 Å². The fraction of sp³-hybridized carbons (Fsp3) is 0.350. The molecule has 0 radical (unpaired) electrons. The second kappa shape index (κ2) is 7.35. The largest absolute Gasteiger partial charge is 0.392 e. The van der Waals surface area contributed by atoms with Crippen LogP contribution in [0.5, 0.6) is 0 Å². The Hall–Kier alpha value is -2.57. The molecular weight excluding hydrogens is 326 g/mol. The fourth-order valence-electron chi connectivity index (χ4n) is 3.44. The summed E-state index contributed by atoms with van der Waals surface area (Å²) in [7, 11) is 0. The zero-order valence-corrected chi connectivity index (χ0v) is 14.9. The van der Waals surface area contributed by atoms with E-state index in [1.54, 1.807) is 12.4 Å². The van der Waals surface area contributed by atoms with Gasteiger partial charge < -0.3 is 10.0 Å². The van der Waals surface area contributed by atoms with Gasteiger partial charge in [-0.15, -0.1) is 0 Å². The van der Waals surface area contributed by atoms with Crippen LogP contribution in [0, 0.1) is 0 Å². The number of fused-ring (bicyclic) bond motifs is 1. The van der Waals surface area contributed by atoms with E-state index in [1.807, 2.05) is 37.3 Å². The Morgan fingerprint density at radius 3 is 2.58 bits per heavy atom. The highest BCUT2D eigenvalue weighted by atomic mass is 16.3. The van der Waals surface area contributed by atoms with Crippen molar-refractivity contribution in [2.24, 2.45) is 0 Å². The number of benzene rings is 1. The molecule has 1 aliphatic heterocycles. The van der Waals surface area contributed by atoms with Crippen LogP contribution in [-0.2, 0) is 0 Å². The molecule has 4 rings (SSSR count). The Kier molecular flexibility index (Phi) is 4.77. The van der Waals surface area contributed by atoms with Gasteiger partial charge in [-0.1, -0.05) is 12.1 Å². The highest BCUT2D eigenvalue weighted by molar-refractivity contribution is 5.91. The van der Waals surface area contributed by atoms with Crippen molar-refractivity contribution in [2.45, 2.75) is 13.0 Å². The van der Waals surface area contributed by atoms with Gasteiger partial charge in [0, 0.05) is 56.1 Å². The summed E-state index contributed by atoms with van der Waals surface area (Å²) in [6, 6.07) is 12.0. The van der Waals surface area contributed by atoms with E-state index in [-0.39, 0.29) is 6.10 Å². The van der Waals surface area contributed by atoms with Crippen LogP contribution in [0.4, 0.5) is 5.82 Å². The first-order valence-corrected chi connectivity index (χ1v) is 9.03. The molecule has 6 nitrogen and oxygen atoms in total. The lowest BCUT2D eigenvalue weighted by atomic mass is 10.2. The second-order valence-corrected chi connectivity index (χ2v) is 6.77. The first-order valence-electron chi connectivity index (χ1n) is 9.03. The van der Waals surface area contributed by atoms with Crippen LogP contribution in [0.2, 0.25) is 0 Å². The van der Waals surface area contributed by atoms with E-state index >= 15 is 0 Å². The van der Waals surface area contributed by atoms with E-state index in [9.17, 15) is 5.11 Å². The maximum Gasteiger partial charge on any atom is 0.163 e. The summed E-state index contributed by atoms with van der Waals surface area (Å²) in [5, 5.41) is 10.7. The summed E-state index contributed by atoms with van der Waals surface area (Å²) in [5.41, 5.74) is 1.87. The second-order valence-electron chi connectivity index (χ2n) is 6.77. The number of piperazine rings is 1. The van der Waals surface area contributed by atoms with Gasteiger partial charge in [0.15, 0.2) is 5.82 Å². The van der Waals surface area contributed by atoms with Gasteiger partial charge in [0.05, 0.1) is 11.6 Å². The van der Waals surface area contributed by atoms with Gasteiger partial charge in [-0.3, -0.25) is 9.88 Å². The number of anilines is 1. The molecule has 0 aliphatic carbocycles. The lowest BCUT2D eigenvalue weighted by Gasteiger charge is -2.36. The van der Waals surface area contributed by atoms with Crippen molar-refractivity contribution in [1.82, 2.24) is 19.9 Å². The Morgan fingerprint density at radius 2 is 1.85 bits per heavy atom. The Labute approximate surface area is 153 Å². The lowest BCUT2D eigenvalue weighted by molar-refractivity contribution is 0.122. The van der Waals surface area contributed by atoms with Gasteiger partial charge in [0.2, 0.25) is 0 Å². The summed E-state index contributed by atoms with van der Waals surface area (Å²) in [4.78, 5) is 18.4. The molecule has 134 valence electrons. The zero-order chi connectivity index (χ0) is 17.9. The van der Waals surface area contributed by atoms with Crippen LogP contribution in [0.3, 0.4) is 0 Å². The number of aliphatic hydroxyl groups is 1. The minimum atomic E-state index is -0.293. The molecule has 3 aromatic rings. The fourth-order valence-corrected chi connectivity index (χ4v) is 3.44. The molecule has 0 bridgehead atoms. The van der Waals surface area contributed by atoms with Gasteiger partial charge in [0.25, 0.3) is 0 Å². The van der Waals surface area contributed by atoms with Crippen LogP contribution < -0.4 is 4.90 Å². The molecule has 1 saturated heterocycles. The molecule has 1 aromatic carbocycles. The van der Waals surface area contributed by atoms with Gasteiger partial charge in [-0.25, -0.2) is 9.97 Å². The molecular formula is C20H23N5O. The molecule has 1 atom stereocenters. The minimum Gasteiger partial charge on any atom is -0.392 e. The average molecular weight is 349 g/mol. The quantitative estimate of drug-likeness (QED) is 0.779. The molecule has 0 spiro atoms. The first-order chi connectivity index (χ1) is 12.7.